The quantitative estimate of drug-likeness (QED) is 0.823. The Hall–Kier alpha value is -2.48. The molecule has 0 aliphatic carbocycles. The van der Waals surface area contributed by atoms with Crippen molar-refractivity contribution in [2.75, 3.05) is 6.54 Å². The van der Waals surface area contributed by atoms with Crippen LogP contribution in [0.3, 0.4) is 0 Å². The number of hydrogen-bond donors (Lipinski definition) is 1. The highest BCUT2D eigenvalue weighted by Gasteiger charge is 2.45. The molecule has 144 valence electrons. The van der Waals surface area contributed by atoms with Gasteiger partial charge in [0.2, 0.25) is 0 Å². The van der Waals surface area contributed by atoms with E-state index in [-0.39, 0.29) is 18.3 Å². The van der Waals surface area contributed by atoms with Crippen molar-refractivity contribution < 1.29 is 22.4 Å². The van der Waals surface area contributed by atoms with Crippen LogP contribution >= 0.6 is 0 Å². The molecular formula is C19H19F4N3O. The minimum atomic E-state index is -4.98. The molecule has 1 N–H and O–H groups in total. The van der Waals surface area contributed by atoms with Gasteiger partial charge in [-0.2, -0.15) is 13.2 Å². The Kier molecular flexibility index (Phi) is 5.74. The maximum atomic E-state index is 13.2. The molecule has 4 nitrogen and oxygen atoms in total. The van der Waals surface area contributed by atoms with E-state index in [2.05, 4.69) is 10.3 Å². The highest BCUT2D eigenvalue weighted by Crippen LogP contribution is 2.30. The Balaban J connectivity index is 1.83. The average Bonchev–Trinajstić information content (AvgIpc) is 2.67. The Morgan fingerprint density at radius 2 is 1.93 bits per heavy atom. The highest BCUT2D eigenvalue weighted by molar-refractivity contribution is 5.82. The van der Waals surface area contributed by atoms with Gasteiger partial charge in [0.25, 0.3) is 0 Å². The van der Waals surface area contributed by atoms with Crippen molar-refractivity contribution in [3.05, 3.63) is 65.7 Å². The maximum Gasteiger partial charge on any atom is 0.471 e. The van der Waals surface area contributed by atoms with Crippen molar-refractivity contribution >= 4 is 5.91 Å². The summed E-state index contributed by atoms with van der Waals surface area (Å²) < 4.78 is 52.5. The number of amides is 1. The number of rotatable bonds is 4. The minimum absolute atomic E-state index is 0.144. The zero-order chi connectivity index (χ0) is 19.4. The fraction of sp³-hybridized carbons (Fsp3) is 0.368. The van der Waals surface area contributed by atoms with Crippen molar-refractivity contribution in [3.63, 3.8) is 0 Å². The van der Waals surface area contributed by atoms with Gasteiger partial charge in [-0.1, -0.05) is 30.3 Å². The average molecular weight is 381 g/mol. The largest absolute Gasteiger partial charge is 0.471 e. The fourth-order valence-electron chi connectivity index (χ4n) is 3.32. The number of carbonyl (C=O) groups excluding carboxylic acids is 1. The van der Waals surface area contributed by atoms with Crippen LogP contribution in [-0.2, 0) is 11.3 Å². The molecule has 1 aromatic carbocycles. The van der Waals surface area contributed by atoms with Crippen LogP contribution in [0.4, 0.5) is 17.6 Å². The van der Waals surface area contributed by atoms with Crippen molar-refractivity contribution in [3.8, 4) is 0 Å². The lowest BCUT2D eigenvalue weighted by Crippen LogP contribution is -2.51. The Morgan fingerprint density at radius 3 is 2.56 bits per heavy atom. The van der Waals surface area contributed by atoms with Crippen LogP contribution in [0.15, 0.2) is 48.7 Å². The number of pyridine rings is 1. The third-order valence-corrected chi connectivity index (χ3v) is 4.64. The van der Waals surface area contributed by atoms with Gasteiger partial charge in [-0.25, -0.2) is 4.39 Å². The topological polar surface area (TPSA) is 45.2 Å². The zero-order valence-electron chi connectivity index (χ0n) is 14.4. The van der Waals surface area contributed by atoms with Crippen LogP contribution in [0.25, 0.3) is 0 Å². The molecule has 1 aliphatic heterocycles. The summed E-state index contributed by atoms with van der Waals surface area (Å²) in [7, 11) is 0. The van der Waals surface area contributed by atoms with Crippen molar-refractivity contribution in [2.45, 2.75) is 37.6 Å². The zero-order valence-corrected chi connectivity index (χ0v) is 14.4. The number of halogens is 4. The van der Waals surface area contributed by atoms with E-state index < -0.39 is 23.9 Å². The van der Waals surface area contributed by atoms with E-state index >= 15 is 0 Å². The van der Waals surface area contributed by atoms with Gasteiger partial charge in [0.1, 0.15) is 5.82 Å². The summed E-state index contributed by atoms with van der Waals surface area (Å²) in [5.74, 6) is -2.48. The second kappa shape index (κ2) is 8.04. The van der Waals surface area contributed by atoms with Crippen molar-refractivity contribution in [1.29, 1.82) is 0 Å². The summed E-state index contributed by atoms with van der Waals surface area (Å²) in [6.07, 6.45) is -3.30. The summed E-state index contributed by atoms with van der Waals surface area (Å²) in [4.78, 5) is 16.7. The maximum absolute atomic E-state index is 13.2. The van der Waals surface area contributed by atoms with Gasteiger partial charge in [-0.05, 0) is 37.1 Å². The van der Waals surface area contributed by atoms with Gasteiger partial charge in [0.05, 0.1) is 18.4 Å². The SMILES string of the molecule is O=C(N(Cc1ccc(F)cn1)C1CCNC(c2ccccc2)C1)C(F)(F)F. The molecule has 1 saturated heterocycles. The second-order valence-corrected chi connectivity index (χ2v) is 6.49. The highest BCUT2D eigenvalue weighted by atomic mass is 19.4. The second-order valence-electron chi connectivity index (χ2n) is 6.49. The van der Waals surface area contributed by atoms with Crippen LogP contribution in [0, 0.1) is 5.82 Å². The van der Waals surface area contributed by atoms with E-state index in [1.807, 2.05) is 30.3 Å². The third kappa shape index (κ3) is 4.82. The standard InChI is InChI=1S/C19H19F4N3O/c20-14-6-7-15(25-11-14)12-26(18(27)19(21,22)23)16-8-9-24-17(10-16)13-4-2-1-3-5-13/h1-7,11,16-17,24H,8-10,12H2. The number of hydrogen-bond acceptors (Lipinski definition) is 3. The summed E-state index contributed by atoms with van der Waals surface area (Å²) in [5, 5.41) is 3.28. The van der Waals surface area contributed by atoms with E-state index in [1.165, 1.54) is 6.07 Å². The van der Waals surface area contributed by atoms with Gasteiger partial charge < -0.3 is 10.2 Å². The molecule has 0 radical (unpaired) electrons. The molecule has 27 heavy (non-hydrogen) atoms. The predicted octanol–water partition coefficient (Wildman–Crippen LogP) is 3.60. The van der Waals surface area contributed by atoms with E-state index in [1.54, 1.807) is 0 Å². The predicted molar refractivity (Wildman–Crippen MR) is 91.0 cm³/mol. The van der Waals surface area contributed by atoms with Gasteiger partial charge in [-0.15, -0.1) is 0 Å². The first-order chi connectivity index (χ1) is 12.8. The lowest BCUT2D eigenvalue weighted by molar-refractivity contribution is -0.189. The monoisotopic (exact) mass is 381 g/mol. The molecule has 2 unspecified atom stereocenters. The van der Waals surface area contributed by atoms with Crippen LogP contribution in [0.2, 0.25) is 0 Å². The lowest BCUT2D eigenvalue weighted by atomic mass is 9.92. The molecule has 2 heterocycles. The number of benzene rings is 1. The molecule has 0 bridgehead atoms. The number of alkyl halides is 3. The van der Waals surface area contributed by atoms with Gasteiger partial charge in [0, 0.05) is 12.1 Å². The lowest BCUT2D eigenvalue weighted by Gasteiger charge is -2.38. The first kappa shape index (κ1) is 19.3. The number of carbonyl (C=O) groups is 1. The Morgan fingerprint density at radius 1 is 1.19 bits per heavy atom. The molecule has 2 atom stereocenters. The Bertz CT molecular complexity index is 765. The molecule has 0 spiro atoms. The van der Waals surface area contributed by atoms with Crippen LogP contribution in [0.1, 0.15) is 30.1 Å². The molecule has 0 saturated carbocycles. The molecule has 1 amide bonds. The first-order valence-electron chi connectivity index (χ1n) is 8.61. The molecular weight excluding hydrogens is 362 g/mol. The molecule has 2 aromatic rings. The smallest absolute Gasteiger partial charge is 0.326 e. The number of nitrogens with zero attached hydrogens (tertiary/aromatic N) is 2. The van der Waals surface area contributed by atoms with E-state index in [0.29, 0.717) is 19.4 Å². The molecule has 3 rings (SSSR count). The van der Waals surface area contributed by atoms with Crippen LogP contribution in [-0.4, -0.2) is 34.6 Å². The van der Waals surface area contributed by atoms with Gasteiger partial charge in [0.15, 0.2) is 0 Å². The number of nitrogens with one attached hydrogen (secondary N) is 1. The minimum Gasteiger partial charge on any atom is -0.326 e. The van der Waals surface area contributed by atoms with Crippen molar-refractivity contribution in [1.82, 2.24) is 15.2 Å². The molecule has 8 heteroatoms. The summed E-state index contributed by atoms with van der Waals surface area (Å²) in [6, 6.07) is 11.1. The van der Waals surface area contributed by atoms with Gasteiger partial charge in [-0.3, -0.25) is 9.78 Å². The fourth-order valence-corrected chi connectivity index (χ4v) is 3.32. The number of piperidine rings is 1. The molecule has 1 fully saturated rings. The van der Waals surface area contributed by atoms with E-state index in [9.17, 15) is 22.4 Å². The first-order valence-corrected chi connectivity index (χ1v) is 8.61. The van der Waals surface area contributed by atoms with E-state index in [0.717, 1.165) is 22.7 Å². The normalized spacial score (nSPS) is 20.3. The van der Waals surface area contributed by atoms with Gasteiger partial charge >= 0.3 is 12.1 Å². The van der Waals surface area contributed by atoms with Crippen LogP contribution in [0.5, 0.6) is 0 Å². The summed E-state index contributed by atoms with van der Waals surface area (Å²) >= 11 is 0. The molecule has 1 aliphatic rings. The summed E-state index contributed by atoms with van der Waals surface area (Å²) in [5.41, 5.74) is 1.17. The molecule has 1 aromatic heterocycles. The van der Waals surface area contributed by atoms with E-state index in [4.69, 9.17) is 0 Å². The summed E-state index contributed by atoms with van der Waals surface area (Å²) in [6.45, 7) is 0.174. The third-order valence-electron chi connectivity index (χ3n) is 4.64. The Labute approximate surface area is 154 Å². The van der Waals surface area contributed by atoms with Crippen molar-refractivity contribution in [2.24, 2.45) is 0 Å². The number of aromatic nitrogens is 1. The van der Waals surface area contributed by atoms with Crippen LogP contribution < -0.4 is 5.32 Å².